The van der Waals surface area contributed by atoms with Crippen LogP contribution in [0.25, 0.3) is 11.3 Å². The maximum Gasteiger partial charge on any atom is 0.313 e. The van der Waals surface area contributed by atoms with Gasteiger partial charge in [-0.2, -0.15) is 0 Å². The van der Waals surface area contributed by atoms with E-state index in [2.05, 4.69) is 20.5 Å². The minimum absolute atomic E-state index is 0.114. The molecular formula is C26H31N5O6. The summed E-state index contributed by atoms with van der Waals surface area (Å²) in [5.41, 5.74) is 1.22. The van der Waals surface area contributed by atoms with Gasteiger partial charge in [0.2, 0.25) is 0 Å². The third-order valence-electron chi connectivity index (χ3n) is 6.15. The predicted molar refractivity (Wildman–Crippen MR) is 135 cm³/mol. The second kappa shape index (κ2) is 10.9. The van der Waals surface area contributed by atoms with Crippen molar-refractivity contribution in [1.82, 2.24) is 20.1 Å². The molecule has 1 saturated heterocycles. The van der Waals surface area contributed by atoms with Crippen LogP contribution in [-0.4, -0.2) is 77.9 Å². The second-order valence-corrected chi connectivity index (χ2v) is 9.57. The average molecular weight is 510 g/mol. The number of aromatic nitrogens is 1. The molecule has 0 radical (unpaired) electrons. The minimum atomic E-state index is -0.785. The highest BCUT2D eigenvalue weighted by atomic mass is 16.5. The zero-order valence-corrected chi connectivity index (χ0v) is 21.4. The fourth-order valence-electron chi connectivity index (χ4n) is 4.32. The quantitative estimate of drug-likeness (QED) is 0.465. The molecule has 1 aliphatic rings. The van der Waals surface area contributed by atoms with Crippen LogP contribution in [0.15, 0.2) is 52.0 Å². The molecule has 11 heteroatoms. The smallest absolute Gasteiger partial charge is 0.313 e. The normalized spacial score (nSPS) is 14.3. The number of amides is 3. The molecule has 196 valence electrons. The Balaban J connectivity index is 1.28. The van der Waals surface area contributed by atoms with Gasteiger partial charge in [0.1, 0.15) is 5.75 Å². The van der Waals surface area contributed by atoms with Gasteiger partial charge in [-0.05, 0) is 39.0 Å². The largest absolute Gasteiger partial charge is 0.496 e. The molecule has 3 amide bonds. The minimum Gasteiger partial charge on any atom is -0.496 e. The van der Waals surface area contributed by atoms with Gasteiger partial charge in [0.05, 0.1) is 25.1 Å². The molecule has 1 aromatic carbocycles. The van der Waals surface area contributed by atoms with Gasteiger partial charge in [-0.3, -0.25) is 19.3 Å². The summed E-state index contributed by atoms with van der Waals surface area (Å²) in [5, 5.41) is 5.41. The van der Waals surface area contributed by atoms with Crippen molar-refractivity contribution >= 4 is 23.4 Å². The highest BCUT2D eigenvalue weighted by molar-refractivity contribution is 6.39. The van der Waals surface area contributed by atoms with E-state index < -0.39 is 17.4 Å². The summed E-state index contributed by atoms with van der Waals surface area (Å²) in [7, 11) is 1.50. The van der Waals surface area contributed by atoms with Gasteiger partial charge in [-0.15, -0.1) is 0 Å². The molecule has 0 atom stereocenters. The van der Waals surface area contributed by atoms with Crippen LogP contribution in [0.3, 0.4) is 0 Å². The summed E-state index contributed by atoms with van der Waals surface area (Å²) in [4.78, 5) is 45.7. The number of oxazole rings is 1. The van der Waals surface area contributed by atoms with E-state index in [-0.39, 0.29) is 5.91 Å². The number of aryl methyl sites for hydroxylation is 1. The number of furan rings is 1. The summed E-state index contributed by atoms with van der Waals surface area (Å²) in [6.07, 6.45) is 4.39. The second-order valence-electron chi connectivity index (χ2n) is 9.57. The van der Waals surface area contributed by atoms with Crippen molar-refractivity contribution in [3.63, 3.8) is 0 Å². The lowest BCUT2D eigenvalue weighted by molar-refractivity contribution is -0.137. The Morgan fingerprint density at radius 1 is 1.08 bits per heavy atom. The van der Waals surface area contributed by atoms with Crippen molar-refractivity contribution in [3.8, 4) is 17.1 Å². The van der Waals surface area contributed by atoms with Crippen LogP contribution in [0.4, 0.5) is 5.69 Å². The average Bonchev–Trinajstić information content (AvgIpc) is 3.55. The molecule has 4 rings (SSSR count). The Labute approximate surface area is 214 Å². The number of hydrogen-bond acceptors (Lipinski definition) is 8. The van der Waals surface area contributed by atoms with Gasteiger partial charge in [-0.1, -0.05) is 0 Å². The molecule has 0 spiro atoms. The van der Waals surface area contributed by atoms with Crippen molar-refractivity contribution in [2.24, 2.45) is 0 Å². The molecule has 1 aliphatic heterocycles. The van der Waals surface area contributed by atoms with E-state index in [1.807, 2.05) is 20.8 Å². The number of rotatable bonds is 7. The van der Waals surface area contributed by atoms with Gasteiger partial charge >= 0.3 is 11.8 Å². The third-order valence-corrected chi connectivity index (χ3v) is 6.15. The van der Waals surface area contributed by atoms with E-state index in [4.69, 9.17) is 13.6 Å². The lowest BCUT2D eigenvalue weighted by Gasteiger charge is -2.39. The summed E-state index contributed by atoms with van der Waals surface area (Å²) in [6, 6.07) is 6.75. The number of methoxy groups -OCH3 is 1. The number of benzene rings is 1. The number of nitrogens with one attached hydrogen (secondary N) is 2. The predicted octanol–water partition coefficient (Wildman–Crippen LogP) is 2.54. The Morgan fingerprint density at radius 3 is 2.46 bits per heavy atom. The third kappa shape index (κ3) is 6.18. The van der Waals surface area contributed by atoms with Gasteiger partial charge in [0.15, 0.2) is 17.9 Å². The van der Waals surface area contributed by atoms with E-state index in [0.29, 0.717) is 61.2 Å². The van der Waals surface area contributed by atoms with E-state index >= 15 is 0 Å². The Hall–Kier alpha value is -4.12. The topological polar surface area (TPSA) is 130 Å². The number of carbonyl (C=O) groups excluding carboxylic acids is 3. The van der Waals surface area contributed by atoms with Crippen molar-refractivity contribution in [1.29, 1.82) is 0 Å². The highest BCUT2D eigenvalue weighted by Crippen LogP contribution is 2.32. The molecule has 2 aromatic heterocycles. The number of anilines is 1. The molecule has 0 saturated carbocycles. The summed E-state index contributed by atoms with van der Waals surface area (Å²) >= 11 is 0. The molecule has 3 heterocycles. The van der Waals surface area contributed by atoms with Crippen LogP contribution >= 0.6 is 0 Å². The fourth-order valence-corrected chi connectivity index (χ4v) is 4.32. The van der Waals surface area contributed by atoms with E-state index in [1.165, 1.54) is 19.8 Å². The maximum absolute atomic E-state index is 12.7. The van der Waals surface area contributed by atoms with Crippen LogP contribution < -0.4 is 15.4 Å². The first-order valence-corrected chi connectivity index (χ1v) is 11.9. The summed E-state index contributed by atoms with van der Waals surface area (Å²) in [5.74, 6) is -0.281. The number of nitrogens with zero attached hydrogens (tertiary/aromatic N) is 3. The van der Waals surface area contributed by atoms with E-state index in [9.17, 15) is 14.4 Å². The monoisotopic (exact) mass is 509 g/mol. The van der Waals surface area contributed by atoms with Crippen molar-refractivity contribution in [2.75, 3.05) is 45.2 Å². The first kappa shape index (κ1) is 26.0. The number of ether oxygens (including phenoxy) is 1. The molecule has 11 nitrogen and oxygen atoms in total. The molecular weight excluding hydrogens is 478 g/mol. The number of carbonyl (C=O) groups is 3. The molecule has 37 heavy (non-hydrogen) atoms. The van der Waals surface area contributed by atoms with Crippen LogP contribution in [0, 0.1) is 6.92 Å². The standard InChI is InChI=1S/C26H31N5O6/c1-17-7-12-36-22(17)25(34)31-10-8-30(9-11-31)15-26(2,3)29-24(33)23(32)28-18-5-6-19(20(13-18)35-4)21-14-27-16-37-21/h5-7,12-14,16H,8-11,15H2,1-4H3,(H,28,32)(H,29,33). The summed E-state index contributed by atoms with van der Waals surface area (Å²) < 4.78 is 16.0. The first-order valence-electron chi connectivity index (χ1n) is 11.9. The van der Waals surface area contributed by atoms with Crippen LogP contribution in [0.5, 0.6) is 5.75 Å². The zero-order valence-electron chi connectivity index (χ0n) is 21.4. The molecule has 0 bridgehead atoms. The van der Waals surface area contributed by atoms with Gasteiger partial charge < -0.3 is 29.1 Å². The van der Waals surface area contributed by atoms with Gasteiger partial charge in [-0.25, -0.2) is 4.98 Å². The van der Waals surface area contributed by atoms with Gasteiger partial charge in [0.25, 0.3) is 5.91 Å². The Bertz CT molecular complexity index is 1260. The highest BCUT2D eigenvalue weighted by Gasteiger charge is 2.30. The molecule has 1 fully saturated rings. The fraction of sp³-hybridized carbons (Fsp3) is 0.385. The van der Waals surface area contributed by atoms with E-state index in [0.717, 1.165) is 5.56 Å². The van der Waals surface area contributed by atoms with Crippen LogP contribution in [0.1, 0.15) is 30.0 Å². The van der Waals surface area contributed by atoms with Crippen LogP contribution in [0.2, 0.25) is 0 Å². The maximum atomic E-state index is 12.7. The first-order chi connectivity index (χ1) is 17.7. The molecule has 0 aliphatic carbocycles. The number of hydrogen-bond donors (Lipinski definition) is 2. The lowest BCUT2D eigenvalue weighted by Crippen LogP contribution is -2.57. The molecule has 0 unspecified atom stereocenters. The van der Waals surface area contributed by atoms with Gasteiger partial charge in [0, 0.05) is 55.6 Å². The Kier molecular flexibility index (Phi) is 7.63. The Morgan fingerprint density at radius 2 is 1.84 bits per heavy atom. The van der Waals surface area contributed by atoms with Crippen molar-refractivity contribution in [3.05, 3.63) is 54.4 Å². The van der Waals surface area contributed by atoms with E-state index in [1.54, 1.807) is 35.4 Å². The summed E-state index contributed by atoms with van der Waals surface area (Å²) in [6.45, 7) is 8.48. The van der Waals surface area contributed by atoms with Crippen molar-refractivity contribution < 1.29 is 28.0 Å². The lowest BCUT2D eigenvalue weighted by atomic mass is 10.0. The molecule has 2 N–H and O–H groups in total. The zero-order chi connectivity index (χ0) is 26.6. The van der Waals surface area contributed by atoms with Crippen LogP contribution in [-0.2, 0) is 9.59 Å². The SMILES string of the molecule is COc1cc(NC(=O)C(=O)NC(C)(C)CN2CCN(C(=O)c3occc3C)CC2)ccc1-c1cnco1. The van der Waals surface area contributed by atoms with Crippen molar-refractivity contribution in [2.45, 2.75) is 26.3 Å². The number of piperazine rings is 1. The molecule has 3 aromatic rings.